The predicted molar refractivity (Wildman–Crippen MR) is 72.8 cm³/mol. The maximum atomic E-state index is 5.44. The Morgan fingerprint density at radius 3 is 2.89 bits per heavy atom. The molecule has 2 aromatic heterocycles. The van der Waals surface area contributed by atoms with E-state index in [2.05, 4.69) is 15.1 Å². The van der Waals surface area contributed by atoms with Crippen LogP contribution in [0.2, 0.25) is 0 Å². The maximum absolute atomic E-state index is 5.44. The molecule has 0 saturated heterocycles. The van der Waals surface area contributed by atoms with Crippen LogP contribution in [0.5, 0.6) is 0 Å². The van der Waals surface area contributed by atoms with Crippen LogP contribution in [0.25, 0.3) is 11.5 Å². The molecule has 0 spiro atoms. The van der Waals surface area contributed by atoms with Gasteiger partial charge in [-0.3, -0.25) is 0 Å². The molecule has 5 heteroatoms. The Kier molecular flexibility index (Phi) is 2.87. The van der Waals surface area contributed by atoms with Crippen LogP contribution in [0.1, 0.15) is 50.3 Å². The summed E-state index contributed by atoms with van der Waals surface area (Å²) in [6.45, 7) is 0. The molecule has 4 nitrogen and oxygen atoms in total. The molecule has 2 atom stereocenters. The van der Waals surface area contributed by atoms with Gasteiger partial charge in [0.15, 0.2) is 0 Å². The van der Waals surface area contributed by atoms with Crippen LogP contribution in [0.4, 0.5) is 0 Å². The van der Waals surface area contributed by atoms with Crippen molar-refractivity contribution in [1.82, 2.24) is 15.1 Å². The summed E-state index contributed by atoms with van der Waals surface area (Å²) in [5.41, 5.74) is 2.63. The lowest BCUT2D eigenvalue weighted by atomic mass is 9.85. The van der Waals surface area contributed by atoms with E-state index in [1.807, 2.05) is 5.38 Å². The van der Waals surface area contributed by atoms with Crippen molar-refractivity contribution in [3.63, 3.8) is 0 Å². The van der Waals surface area contributed by atoms with E-state index in [1.165, 1.54) is 38.5 Å². The minimum atomic E-state index is 0.517. The zero-order valence-electron chi connectivity index (χ0n) is 10.8. The number of nitrogens with zero attached hydrogens (tertiary/aromatic N) is 3. The van der Waals surface area contributed by atoms with E-state index in [-0.39, 0.29) is 0 Å². The highest BCUT2D eigenvalue weighted by Crippen LogP contribution is 2.54. The number of hydrogen-bond acceptors (Lipinski definition) is 5. The van der Waals surface area contributed by atoms with Crippen molar-refractivity contribution in [3.8, 4) is 11.5 Å². The largest absolute Gasteiger partial charge is 0.339 e. The van der Waals surface area contributed by atoms with Crippen LogP contribution < -0.4 is 0 Å². The van der Waals surface area contributed by atoms with E-state index < -0.39 is 0 Å². The Morgan fingerprint density at radius 2 is 2.11 bits per heavy atom. The molecule has 0 bridgehead atoms. The molecule has 2 heterocycles. The van der Waals surface area contributed by atoms with Crippen LogP contribution >= 0.6 is 11.3 Å². The van der Waals surface area contributed by atoms with Gasteiger partial charge in [0.2, 0.25) is 11.7 Å². The Hall–Kier alpha value is -1.23. The van der Waals surface area contributed by atoms with E-state index in [0.717, 1.165) is 23.4 Å². The van der Waals surface area contributed by atoms with Gasteiger partial charge in [0, 0.05) is 11.3 Å². The van der Waals surface area contributed by atoms with E-state index in [1.54, 1.807) is 16.8 Å². The molecule has 19 heavy (non-hydrogen) atoms. The predicted octanol–water partition coefficient (Wildman–Crippen LogP) is 3.88. The third-order valence-corrected chi connectivity index (χ3v) is 5.10. The van der Waals surface area contributed by atoms with Crippen molar-refractivity contribution < 1.29 is 4.52 Å². The van der Waals surface area contributed by atoms with Gasteiger partial charge in [-0.25, -0.2) is 4.98 Å². The number of aromatic nitrogens is 3. The molecule has 2 saturated carbocycles. The minimum Gasteiger partial charge on any atom is -0.339 e. The Balaban J connectivity index is 1.46. The lowest BCUT2D eigenvalue weighted by Gasteiger charge is -2.21. The van der Waals surface area contributed by atoms with Crippen LogP contribution in [0.15, 0.2) is 15.4 Å². The summed E-state index contributed by atoms with van der Waals surface area (Å²) in [5, 5.41) is 6.02. The van der Waals surface area contributed by atoms with Crippen LogP contribution in [-0.2, 0) is 0 Å². The fourth-order valence-electron chi connectivity index (χ4n) is 3.39. The zero-order chi connectivity index (χ0) is 12.7. The number of hydrogen-bond donors (Lipinski definition) is 0. The first-order valence-electron chi connectivity index (χ1n) is 7.14. The van der Waals surface area contributed by atoms with E-state index >= 15 is 0 Å². The van der Waals surface area contributed by atoms with Gasteiger partial charge in [-0.15, -0.1) is 11.3 Å². The Morgan fingerprint density at radius 1 is 1.21 bits per heavy atom. The van der Waals surface area contributed by atoms with Gasteiger partial charge in [-0.05, 0) is 18.3 Å². The fourth-order valence-corrected chi connectivity index (χ4v) is 3.93. The second-order valence-electron chi connectivity index (χ2n) is 5.73. The lowest BCUT2D eigenvalue weighted by molar-refractivity contribution is 0.305. The molecule has 0 radical (unpaired) electrons. The zero-order valence-corrected chi connectivity index (χ0v) is 11.6. The highest BCUT2D eigenvalue weighted by molar-refractivity contribution is 7.07. The average Bonchev–Trinajstić information content (AvgIpc) is 2.90. The SMILES string of the molecule is c1nc(-c2noc(C3CC3C3CCCCC3)n2)cs1. The van der Waals surface area contributed by atoms with Crippen molar-refractivity contribution in [2.45, 2.75) is 44.4 Å². The molecule has 2 aliphatic rings. The van der Waals surface area contributed by atoms with Gasteiger partial charge in [0.05, 0.1) is 5.51 Å². The molecule has 2 aromatic rings. The summed E-state index contributed by atoms with van der Waals surface area (Å²) in [5.74, 6) is 3.68. The van der Waals surface area contributed by atoms with Gasteiger partial charge in [-0.1, -0.05) is 37.3 Å². The van der Waals surface area contributed by atoms with Gasteiger partial charge in [0.25, 0.3) is 0 Å². The summed E-state index contributed by atoms with van der Waals surface area (Å²) >= 11 is 1.56. The monoisotopic (exact) mass is 275 g/mol. The number of rotatable bonds is 3. The van der Waals surface area contributed by atoms with E-state index in [0.29, 0.717) is 11.7 Å². The first-order chi connectivity index (χ1) is 9.42. The second-order valence-corrected chi connectivity index (χ2v) is 6.45. The number of thiazole rings is 1. The second kappa shape index (κ2) is 4.71. The molecule has 2 unspecified atom stereocenters. The molecular weight excluding hydrogens is 258 g/mol. The Labute approximate surface area is 116 Å². The molecule has 0 N–H and O–H groups in total. The van der Waals surface area contributed by atoms with Gasteiger partial charge in [-0.2, -0.15) is 4.98 Å². The van der Waals surface area contributed by atoms with Crippen molar-refractivity contribution in [2.24, 2.45) is 11.8 Å². The molecule has 2 fully saturated rings. The smallest absolute Gasteiger partial charge is 0.230 e. The summed E-state index contributed by atoms with van der Waals surface area (Å²) in [6, 6.07) is 0. The minimum absolute atomic E-state index is 0.517. The molecule has 0 aliphatic heterocycles. The molecule has 0 aromatic carbocycles. The van der Waals surface area contributed by atoms with Crippen molar-refractivity contribution in [1.29, 1.82) is 0 Å². The molecular formula is C14H17N3OS. The van der Waals surface area contributed by atoms with Gasteiger partial charge >= 0.3 is 0 Å². The third kappa shape index (κ3) is 2.20. The van der Waals surface area contributed by atoms with Crippen LogP contribution in [0.3, 0.4) is 0 Å². The molecule has 4 rings (SSSR count). The third-order valence-electron chi connectivity index (χ3n) is 4.52. The Bertz CT molecular complexity index is 545. The summed E-state index contributed by atoms with van der Waals surface area (Å²) < 4.78 is 5.44. The first-order valence-corrected chi connectivity index (χ1v) is 8.08. The van der Waals surface area contributed by atoms with Gasteiger partial charge in [0.1, 0.15) is 5.69 Å². The summed E-state index contributed by atoms with van der Waals surface area (Å²) in [4.78, 5) is 8.75. The molecule has 2 aliphatic carbocycles. The van der Waals surface area contributed by atoms with Crippen molar-refractivity contribution in [2.75, 3.05) is 0 Å². The normalized spacial score (nSPS) is 27.6. The molecule has 0 amide bonds. The lowest BCUT2D eigenvalue weighted by Crippen LogP contribution is -2.09. The van der Waals surface area contributed by atoms with E-state index in [4.69, 9.17) is 4.52 Å². The highest BCUT2D eigenvalue weighted by Gasteiger charge is 2.47. The first kappa shape index (κ1) is 11.6. The topological polar surface area (TPSA) is 51.8 Å². The highest BCUT2D eigenvalue weighted by atomic mass is 32.1. The van der Waals surface area contributed by atoms with Crippen LogP contribution in [0, 0.1) is 11.8 Å². The fraction of sp³-hybridized carbons (Fsp3) is 0.643. The van der Waals surface area contributed by atoms with Gasteiger partial charge < -0.3 is 4.52 Å². The molecule has 100 valence electrons. The maximum Gasteiger partial charge on any atom is 0.230 e. The summed E-state index contributed by atoms with van der Waals surface area (Å²) in [6.07, 6.45) is 8.26. The van der Waals surface area contributed by atoms with Crippen LogP contribution in [-0.4, -0.2) is 15.1 Å². The standard InChI is InChI=1S/C14H17N3OS/c1-2-4-9(5-3-1)10-6-11(10)14-16-13(17-18-14)12-7-19-8-15-12/h7-11H,1-6H2. The average molecular weight is 275 g/mol. The van der Waals surface area contributed by atoms with Crippen molar-refractivity contribution >= 4 is 11.3 Å². The van der Waals surface area contributed by atoms with E-state index in [9.17, 15) is 0 Å². The van der Waals surface area contributed by atoms with Crippen molar-refractivity contribution in [3.05, 3.63) is 16.8 Å². The summed E-state index contributed by atoms with van der Waals surface area (Å²) in [7, 11) is 0. The quantitative estimate of drug-likeness (QED) is 0.853.